The average molecular weight is 905 g/mol. The normalized spacial score (nSPS) is 13.7. The number of fused-ring (bicyclic) bond motifs is 3. The van der Waals surface area contributed by atoms with Gasteiger partial charge in [0.05, 0.1) is 106 Å². The lowest BCUT2D eigenvalue weighted by Crippen LogP contribution is -2.23. The SMILES string of the molecule is C=C(/C=c1/c(-c2cc3c(-n4cnc(C)c4)cncc3[nH]2)n[nH]/c1=C/C)c1cnn(C)c1.CCC.NC=Nc1cncc2[nH]c(-c3n[nH]c4cnc(-c5cncc(CC6CCCCC6)c5)cc34)cc12. The van der Waals surface area contributed by atoms with Gasteiger partial charge in [-0.1, -0.05) is 65.0 Å². The van der Waals surface area contributed by atoms with Crippen molar-refractivity contribution >= 4 is 62.5 Å². The van der Waals surface area contributed by atoms with Crippen LogP contribution in [0.3, 0.4) is 0 Å². The molecule has 1 aliphatic carbocycles. The lowest BCUT2D eigenvalue weighted by atomic mass is 9.85. The van der Waals surface area contributed by atoms with Crippen LogP contribution in [0.1, 0.15) is 76.1 Å². The molecular formula is C52H56N16. The molecule has 68 heavy (non-hydrogen) atoms. The second-order valence-electron chi connectivity index (χ2n) is 17.3. The molecule has 0 spiro atoms. The Hall–Kier alpha value is -8.27. The third kappa shape index (κ3) is 9.52. The van der Waals surface area contributed by atoms with Gasteiger partial charge in [-0.25, -0.2) is 9.98 Å². The summed E-state index contributed by atoms with van der Waals surface area (Å²) in [5.74, 6) is 0.770. The van der Waals surface area contributed by atoms with Gasteiger partial charge in [-0.15, -0.1) is 0 Å². The number of rotatable bonds is 9. The predicted octanol–water partition coefficient (Wildman–Crippen LogP) is 9.20. The van der Waals surface area contributed by atoms with Gasteiger partial charge >= 0.3 is 0 Å². The van der Waals surface area contributed by atoms with E-state index in [1.54, 1.807) is 23.4 Å². The Kier molecular flexibility index (Phi) is 13.3. The van der Waals surface area contributed by atoms with E-state index < -0.39 is 0 Å². The molecule has 1 saturated carbocycles. The Bertz CT molecular complexity index is 3510. The molecule has 0 radical (unpaired) electrons. The zero-order valence-corrected chi connectivity index (χ0v) is 39.1. The summed E-state index contributed by atoms with van der Waals surface area (Å²) in [6.45, 7) is 12.4. The van der Waals surface area contributed by atoms with Crippen LogP contribution in [0.2, 0.25) is 0 Å². The monoisotopic (exact) mass is 904 g/mol. The summed E-state index contributed by atoms with van der Waals surface area (Å²) < 4.78 is 3.75. The predicted molar refractivity (Wildman–Crippen MR) is 272 cm³/mol. The fourth-order valence-corrected chi connectivity index (χ4v) is 8.79. The number of H-pyrrole nitrogens is 4. The minimum atomic E-state index is 0.713. The number of nitrogens with two attached hydrogens (primary N) is 1. The number of aryl methyl sites for hydroxylation is 2. The molecule has 0 aromatic carbocycles. The van der Waals surface area contributed by atoms with Gasteiger partial charge in [0.15, 0.2) is 0 Å². The standard InChI is InChI=1S/C26H26N8.C23H22N8.C3H8/c27-15-31-23-12-29-13-24-19(23)8-22(32-24)26-20-9-21(30-14-25(20)33-34-26)18-7-17(10-28-11-18)6-16-4-2-1-3-5-16;1-5-19-18(6-14(2)16-8-26-30(4)12-16)23(29-28-19)20-7-17-21(27-20)9-24-10-22(17)31-11-15(3)25-13-31;1-3-2/h7-16,32H,1-6H2,(H2,27,31)(H,33,34);5-13,27-28H,2H2,1,3-4H3;3H2,1-2H3/b;18-6+,19-5+;. The maximum Gasteiger partial charge on any atom is 0.116 e. The highest BCUT2D eigenvalue weighted by atomic mass is 15.2. The molecule has 0 aliphatic heterocycles. The molecule has 10 aromatic rings. The number of imidazole rings is 1. The van der Waals surface area contributed by atoms with Gasteiger partial charge < -0.3 is 20.3 Å². The van der Waals surface area contributed by atoms with E-state index in [0.29, 0.717) is 5.69 Å². The zero-order chi connectivity index (χ0) is 47.1. The van der Waals surface area contributed by atoms with Crippen LogP contribution in [0.25, 0.3) is 90.2 Å². The van der Waals surface area contributed by atoms with Crippen LogP contribution >= 0.6 is 0 Å². The van der Waals surface area contributed by atoms with Crippen LogP contribution in [0.15, 0.2) is 104 Å². The summed E-state index contributed by atoms with van der Waals surface area (Å²) in [5, 5.41) is 24.5. The first kappa shape index (κ1) is 44.9. The van der Waals surface area contributed by atoms with Crippen LogP contribution in [-0.4, -0.2) is 76.0 Å². The number of aromatic nitrogens is 14. The molecule has 0 atom stereocenters. The van der Waals surface area contributed by atoms with Crippen molar-refractivity contribution in [2.45, 2.75) is 72.6 Å². The topological polar surface area (TPSA) is 215 Å². The molecule has 16 nitrogen and oxygen atoms in total. The van der Waals surface area contributed by atoms with E-state index in [4.69, 9.17) is 5.73 Å². The molecule has 16 heteroatoms. The first-order valence-electron chi connectivity index (χ1n) is 23.1. The van der Waals surface area contributed by atoms with Gasteiger partial charge in [0.2, 0.25) is 0 Å². The van der Waals surface area contributed by atoms with E-state index in [9.17, 15) is 0 Å². The Labute approximate surface area is 393 Å². The van der Waals surface area contributed by atoms with Gasteiger partial charge in [-0.2, -0.15) is 15.3 Å². The van der Waals surface area contributed by atoms with Crippen molar-refractivity contribution in [1.82, 2.24) is 69.6 Å². The largest absolute Gasteiger partial charge is 0.390 e. The average Bonchev–Trinajstić information content (AvgIpc) is 4.23. The Morgan fingerprint density at radius 3 is 2.28 bits per heavy atom. The van der Waals surface area contributed by atoms with Crippen molar-refractivity contribution in [3.63, 3.8) is 0 Å². The summed E-state index contributed by atoms with van der Waals surface area (Å²) in [5.41, 5.74) is 19.3. The van der Waals surface area contributed by atoms with E-state index >= 15 is 0 Å². The van der Waals surface area contributed by atoms with E-state index in [-0.39, 0.29) is 0 Å². The molecule has 344 valence electrons. The number of pyridine rings is 4. The number of aromatic amines is 4. The molecule has 0 bridgehead atoms. The number of nitrogens with zero attached hydrogens (tertiary/aromatic N) is 11. The smallest absolute Gasteiger partial charge is 0.116 e. The maximum atomic E-state index is 5.50. The molecule has 0 saturated heterocycles. The van der Waals surface area contributed by atoms with Gasteiger partial charge in [-0.3, -0.25) is 34.8 Å². The van der Waals surface area contributed by atoms with E-state index in [2.05, 4.69) is 104 Å². The fraction of sp³-hybridized carbons (Fsp3) is 0.250. The van der Waals surface area contributed by atoms with Crippen molar-refractivity contribution in [3.05, 3.63) is 127 Å². The summed E-state index contributed by atoms with van der Waals surface area (Å²) in [7, 11) is 1.89. The summed E-state index contributed by atoms with van der Waals surface area (Å²) in [4.78, 5) is 33.3. The Morgan fingerprint density at radius 1 is 0.809 bits per heavy atom. The Balaban J connectivity index is 0.000000161. The molecule has 1 fully saturated rings. The molecule has 0 amide bonds. The number of hydrogen-bond donors (Lipinski definition) is 5. The minimum absolute atomic E-state index is 0.713. The van der Waals surface area contributed by atoms with Gasteiger partial charge in [0, 0.05) is 64.3 Å². The lowest BCUT2D eigenvalue weighted by Gasteiger charge is -2.21. The number of hydrogen-bond acceptors (Lipinski definition) is 9. The first-order chi connectivity index (χ1) is 33.2. The van der Waals surface area contributed by atoms with E-state index in [1.807, 2.05) is 93.3 Å². The Morgan fingerprint density at radius 2 is 1.54 bits per heavy atom. The quantitative estimate of drug-likeness (QED) is 0.0689. The molecule has 6 N–H and O–H groups in total. The second-order valence-corrected chi connectivity index (χ2v) is 17.3. The van der Waals surface area contributed by atoms with Gasteiger partial charge in [0.1, 0.15) is 11.4 Å². The van der Waals surface area contributed by atoms with Crippen LogP contribution < -0.4 is 16.3 Å². The van der Waals surface area contributed by atoms with Crippen LogP contribution in [0.4, 0.5) is 5.69 Å². The van der Waals surface area contributed by atoms with E-state index in [1.165, 1.54) is 50.4 Å². The third-order valence-electron chi connectivity index (χ3n) is 12.1. The highest BCUT2D eigenvalue weighted by molar-refractivity contribution is 6.00. The second kappa shape index (κ2) is 20.1. The minimum Gasteiger partial charge on any atom is -0.390 e. The number of allylic oxidation sites excluding steroid dienone is 1. The molecule has 1 aliphatic rings. The van der Waals surface area contributed by atoms with Crippen molar-refractivity contribution in [3.8, 4) is 39.7 Å². The van der Waals surface area contributed by atoms with E-state index in [0.717, 1.165) is 112 Å². The van der Waals surface area contributed by atoms with Gasteiger partial charge in [0.25, 0.3) is 0 Å². The van der Waals surface area contributed by atoms with Crippen molar-refractivity contribution in [2.75, 3.05) is 0 Å². The van der Waals surface area contributed by atoms with Crippen LogP contribution in [-0.2, 0) is 13.5 Å². The highest BCUT2D eigenvalue weighted by Crippen LogP contribution is 2.34. The maximum absolute atomic E-state index is 5.50. The third-order valence-corrected chi connectivity index (χ3v) is 12.1. The molecule has 10 heterocycles. The summed E-state index contributed by atoms with van der Waals surface area (Å²) in [6.07, 6.45) is 34.8. The van der Waals surface area contributed by atoms with Gasteiger partial charge in [-0.05, 0) is 67.7 Å². The summed E-state index contributed by atoms with van der Waals surface area (Å²) >= 11 is 0. The number of aliphatic imine (C=N–C) groups is 1. The van der Waals surface area contributed by atoms with Crippen LogP contribution in [0.5, 0.6) is 0 Å². The first-order valence-corrected chi connectivity index (χ1v) is 23.1. The highest BCUT2D eigenvalue weighted by Gasteiger charge is 2.18. The van der Waals surface area contributed by atoms with Crippen molar-refractivity contribution < 1.29 is 0 Å². The van der Waals surface area contributed by atoms with Crippen molar-refractivity contribution in [1.29, 1.82) is 0 Å². The molecule has 11 rings (SSSR count). The molecule has 0 unspecified atom stereocenters. The van der Waals surface area contributed by atoms with Crippen molar-refractivity contribution in [2.24, 2.45) is 23.7 Å². The summed E-state index contributed by atoms with van der Waals surface area (Å²) in [6, 6.07) is 8.45. The zero-order valence-electron chi connectivity index (χ0n) is 39.1. The lowest BCUT2D eigenvalue weighted by molar-refractivity contribution is 0.356. The fourth-order valence-electron chi connectivity index (χ4n) is 8.79. The number of nitrogens with one attached hydrogen (secondary N) is 4. The molecule has 10 aromatic heterocycles. The van der Waals surface area contributed by atoms with Crippen LogP contribution in [0, 0.1) is 12.8 Å². The molecular weight excluding hydrogens is 849 g/mol.